The minimum absolute atomic E-state index is 0.547. The molecule has 108 valence electrons. The number of rotatable bonds is 4. The van der Waals surface area contributed by atoms with Gasteiger partial charge in [-0.25, -0.2) is 4.98 Å². The Morgan fingerprint density at radius 1 is 1.24 bits per heavy atom. The molecule has 0 radical (unpaired) electrons. The lowest BCUT2D eigenvalue weighted by atomic mass is 10.3. The molecule has 0 saturated heterocycles. The molecule has 8 heteroatoms. The number of aromatic nitrogens is 4. The molecule has 0 saturated carbocycles. The van der Waals surface area contributed by atoms with E-state index in [2.05, 4.69) is 62.4 Å². The topological polar surface area (TPSA) is 78.5 Å². The number of fused-ring (bicyclic) bond motifs is 1. The van der Waals surface area contributed by atoms with E-state index in [0.29, 0.717) is 17.4 Å². The van der Waals surface area contributed by atoms with E-state index in [1.165, 1.54) is 0 Å². The third kappa shape index (κ3) is 3.01. The van der Waals surface area contributed by atoms with Crippen LogP contribution in [0.15, 0.2) is 33.5 Å². The highest BCUT2D eigenvalue weighted by molar-refractivity contribution is 9.11. The zero-order valence-corrected chi connectivity index (χ0v) is 14.3. The molecular weight excluding hydrogens is 400 g/mol. The van der Waals surface area contributed by atoms with E-state index in [1.54, 1.807) is 6.33 Å². The molecule has 0 aliphatic rings. The Kier molecular flexibility index (Phi) is 4.07. The second-order valence-electron chi connectivity index (χ2n) is 4.28. The lowest BCUT2D eigenvalue weighted by Crippen LogP contribution is -2.05. The van der Waals surface area contributed by atoms with Gasteiger partial charge in [-0.05, 0) is 41.1 Å². The average molecular weight is 412 g/mol. The summed E-state index contributed by atoms with van der Waals surface area (Å²) in [6.07, 6.45) is 1.61. The molecule has 3 rings (SSSR count). The average Bonchev–Trinajstić information content (AvgIpc) is 2.92. The number of halogens is 2. The number of hydrogen-bond donors (Lipinski definition) is 3. The summed E-state index contributed by atoms with van der Waals surface area (Å²) < 4.78 is 1.93. The van der Waals surface area contributed by atoms with Crippen LogP contribution in [0.1, 0.15) is 6.92 Å². The van der Waals surface area contributed by atoms with Crippen LogP contribution in [0.2, 0.25) is 0 Å². The fraction of sp³-hybridized carbons (Fsp3) is 0.154. The minimum Gasteiger partial charge on any atom is -0.354 e. The van der Waals surface area contributed by atoms with Gasteiger partial charge in [0, 0.05) is 15.5 Å². The minimum atomic E-state index is 0.547. The number of hydrogen-bond acceptors (Lipinski definition) is 5. The number of aromatic amines is 1. The number of benzene rings is 1. The Bertz CT molecular complexity index is 785. The first-order chi connectivity index (χ1) is 10.2. The molecule has 0 aliphatic carbocycles. The van der Waals surface area contributed by atoms with Crippen molar-refractivity contribution in [3.05, 3.63) is 33.5 Å². The molecule has 3 aromatic rings. The molecule has 2 heterocycles. The smallest absolute Gasteiger partial charge is 0.226 e. The van der Waals surface area contributed by atoms with E-state index < -0.39 is 0 Å². The Labute approximate surface area is 138 Å². The third-order valence-electron chi connectivity index (χ3n) is 2.80. The van der Waals surface area contributed by atoms with Crippen LogP contribution in [0, 0.1) is 0 Å². The summed E-state index contributed by atoms with van der Waals surface area (Å²) in [5.74, 6) is 1.22. The molecule has 2 aromatic heterocycles. The van der Waals surface area contributed by atoms with Crippen molar-refractivity contribution in [2.75, 3.05) is 17.2 Å². The highest BCUT2D eigenvalue weighted by Gasteiger charge is 2.11. The summed E-state index contributed by atoms with van der Waals surface area (Å²) in [5, 5.41) is 6.41. The van der Waals surface area contributed by atoms with Gasteiger partial charge in [-0.1, -0.05) is 15.9 Å². The monoisotopic (exact) mass is 410 g/mol. The number of nitrogens with zero attached hydrogens (tertiary/aromatic N) is 3. The molecule has 0 unspecified atom stereocenters. The maximum atomic E-state index is 4.49. The van der Waals surface area contributed by atoms with Gasteiger partial charge in [0.15, 0.2) is 11.5 Å². The van der Waals surface area contributed by atoms with Gasteiger partial charge in [-0.3, -0.25) is 0 Å². The van der Waals surface area contributed by atoms with Crippen molar-refractivity contribution in [1.29, 1.82) is 0 Å². The van der Waals surface area contributed by atoms with Gasteiger partial charge >= 0.3 is 0 Å². The standard InChI is InChI=1S/C13H12Br2N6/c1-2-16-13-20-11-10(17-6-18-11)12(21-13)19-9-5-7(14)3-4-8(9)15/h3-6H,2H2,1H3,(H3,16,17,18,19,20,21). The highest BCUT2D eigenvalue weighted by Crippen LogP contribution is 2.30. The van der Waals surface area contributed by atoms with Crippen molar-refractivity contribution in [3.63, 3.8) is 0 Å². The van der Waals surface area contributed by atoms with Crippen LogP contribution in [-0.4, -0.2) is 26.5 Å². The Hall–Kier alpha value is -1.67. The van der Waals surface area contributed by atoms with Crippen molar-refractivity contribution >= 4 is 60.5 Å². The number of imidazole rings is 1. The first-order valence-corrected chi connectivity index (χ1v) is 7.93. The zero-order valence-electron chi connectivity index (χ0n) is 11.1. The molecule has 1 aromatic carbocycles. The van der Waals surface area contributed by atoms with Gasteiger partial charge in [0.25, 0.3) is 0 Å². The number of anilines is 3. The van der Waals surface area contributed by atoms with Crippen LogP contribution in [0.5, 0.6) is 0 Å². The van der Waals surface area contributed by atoms with Crippen LogP contribution >= 0.6 is 31.9 Å². The van der Waals surface area contributed by atoms with Crippen molar-refractivity contribution < 1.29 is 0 Å². The summed E-state index contributed by atoms with van der Waals surface area (Å²) in [6.45, 7) is 2.74. The van der Waals surface area contributed by atoms with Crippen molar-refractivity contribution in [1.82, 2.24) is 19.9 Å². The van der Waals surface area contributed by atoms with Gasteiger partial charge in [-0.2, -0.15) is 9.97 Å². The zero-order chi connectivity index (χ0) is 14.8. The molecule has 0 aliphatic heterocycles. The van der Waals surface area contributed by atoms with Gasteiger partial charge in [0.1, 0.15) is 5.52 Å². The van der Waals surface area contributed by atoms with Crippen LogP contribution < -0.4 is 10.6 Å². The van der Waals surface area contributed by atoms with Gasteiger partial charge in [0.05, 0.1) is 12.0 Å². The predicted molar refractivity (Wildman–Crippen MR) is 91.0 cm³/mol. The van der Waals surface area contributed by atoms with E-state index in [0.717, 1.165) is 26.7 Å². The van der Waals surface area contributed by atoms with E-state index in [1.807, 2.05) is 25.1 Å². The largest absolute Gasteiger partial charge is 0.354 e. The van der Waals surface area contributed by atoms with Crippen LogP contribution in [0.25, 0.3) is 11.2 Å². The molecule has 0 spiro atoms. The Morgan fingerprint density at radius 2 is 2.10 bits per heavy atom. The maximum Gasteiger partial charge on any atom is 0.226 e. The van der Waals surface area contributed by atoms with Gasteiger partial charge in [-0.15, -0.1) is 0 Å². The molecule has 6 nitrogen and oxygen atoms in total. The molecule has 0 atom stereocenters. The lowest BCUT2D eigenvalue weighted by Gasteiger charge is -2.10. The Balaban J connectivity index is 2.06. The molecule has 0 bridgehead atoms. The highest BCUT2D eigenvalue weighted by atomic mass is 79.9. The van der Waals surface area contributed by atoms with Crippen molar-refractivity contribution in [3.8, 4) is 0 Å². The second-order valence-corrected chi connectivity index (χ2v) is 6.05. The molecular formula is C13H12Br2N6. The van der Waals surface area contributed by atoms with E-state index in [-0.39, 0.29) is 0 Å². The summed E-state index contributed by atoms with van der Waals surface area (Å²) >= 11 is 6.99. The van der Waals surface area contributed by atoms with Crippen LogP contribution in [0.3, 0.4) is 0 Å². The number of nitrogens with one attached hydrogen (secondary N) is 3. The first-order valence-electron chi connectivity index (χ1n) is 6.34. The summed E-state index contributed by atoms with van der Waals surface area (Å²) in [4.78, 5) is 16.1. The predicted octanol–water partition coefficient (Wildman–Crippen LogP) is 4.05. The SMILES string of the molecule is CCNc1nc(Nc2cc(Br)ccc2Br)c2[nH]cnc2n1. The molecule has 3 N–H and O–H groups in total. The number of H-pyrrole nitrogens is 1. The Morgan fingerprint density at radius 3 is 2.90 bits per heavy atom. The summed E-state index contributed by atoms with van der Waals surface area (Å²) in [5.41, 5.74) is 2.29. The second kappa shape index (κ2) is 5.98. The van der Waals surface area contributed by atoms with Crippen molar-refractivity contribution in [2.24, 2.45) is 0 Å². The third-order valence-corrected chi connectivity index (χ3v) is 3.99. The fourth-order valence-electron chi connectivity index (χ4n) is 1.88. The van der Waals surface area contributed by atoms with E-state index >= 15 is 0 Å². The lowest BCUT2D eigenvalue weighted by molar-refractivity contribution is 1.10. The van der Waals surface area contributed by atoms with E-state index in [9.17, 15) is 0 Å². The van der Waals surface area contributed by atoms with Crippen LogP contribution in [0.4, 0.5) is 17.5 Å². The summed E-state index contributed by atoms with van der Waals surface area (Å²) in [7, 11) is 0. The van der Waals surface area contributed by atoms with Crippen molar-refractivity contribution in [2.45, 2.75) is 6.92 Å². The van der Waals surface area contributed by atoms with Crippen LogP contribution in [-0.2, 0) is 0 Å². The summed E-state index contributed by atoms with van der Waals surface area (Å²) in [6, 6.07) is 5.90. The first kappa shape index (κ1) is 14.3. The van der Waals surface area contributed by atoms with E-state index in [4.69, 9.17) is 0 Å². The normalized spacial score (nSPS) is 10.8. The fourth-order valence-corrected chi connectivity index (χ4v) is 2.59. The molecule has 21 heavy (non-hydrogen) atoms. The maximum absolute atomic E-state index is 4.49. The van der Waals surface area contributed by atoms with Gasteiger partial charge < -0.3 is 15.6 Å². The molecule has 0 amide bonds. The van der Waals surface area contributed by atoms with Gasteiger partial charge in [0.2, 0.25) is 5.95 Å². The molecule has 0 fully saturated rings. The quantitative estimate of drug-likeness (QED) is 0.603.